The number of nitrogens with zero attached hydrogens (tertiary/aromatic N) is 8. The van der Waals surface area contributed by atoms with Crippen LogP contribution in [0.4, 0.5) is 44.5 Å². The Morgan fingerprint density at radius 3 is 1.43 bits per heavy atom. The van der Waals surface area contributed by atoms with Crippen LogP contribution in [0, 0.1) is 23.3 Å². The maximum atomic E-state index is 13.9. The van der Waals surface area contributed by atoms with Gasteiger partial charge in [-0.25, -0.2) is 37.1 Å². The number of morpholine rings is 2. The molecule has 0 radical (unpaired) electrons. The molecule has 2 fully saturated rings. The van der Waals surface area contributed by atoms with E-state index < -0.39 is 64.7 Å². The van der Waals surface area contributed by atoms with Gasteiger partial charge in [-0.15, -0.1) is 0 Å². The van der Waals surface area contributed by atoms with Crippen molar-refractivity contribution in [2.24, 2.45) is 0 Å². The molecular weight excluding hydrogens is 1070 g/mol. The molecule has 0 saturated carbocycles. The first kappa shape index (κ1) is 61.5. The average Bonchev–Trinajstić information content (AvgIpc) is 2.76. The molecule has 3 N–H and O–H groups in total. The summed E-state index contributed by atoms with van der Waals surface area (Å²) in [6.07, 6.45) is 1.58. The monoisotopic (exact) mass is 1140 g/mol. The van der Waals surface area contributed by atoms with Crippen LogP contribution in [-0.2, 0) is 18.9 Å². The molecule has 2 aromatic heterocycles. The predicted molar refractivity (Wildman–Crippen MR) is 301 cm³/mol. The molecule has 8 rings (SSSR count). The van der Waals surface area contributed by atoms with Crippen LogP contribution in [0.2, 0.25) is 0 Å². The average molecular weight is 1140 g/mol. The van der Waals surface area contributed by atoms with E-state index in [1.54, 1.807) is 99.2 Å². The fourth-order valence-corrected chi connectivity index (χ4v) is 8.63. The van der Waals surface area contributed by atoms with E-state index in [4.69, 9.17) is 33.7 Å². The van der Waals surface area contributed by atoms with E-state index in [9.17, 15) is 36.7 Å². The van der Waals surface area contributed by atoms with Gasteiger partial charge in [0.1, 0.15) is 58.0 Å². The Morgan fingerprint density at radius 1 is 0.598 bits per heavy atom. The van der Waals surface area contributed by atoms with Crippen molar-refractivity contribution in [3.63, 3.8) is 0 Å². The number of fused-ring (bicyclic) bond motifs is 2. The summed E-state index contributed by atoms with van der Waals surface area (Å²) in [6, 6.07) is 12.2. The van der Waals surface area contributed by atoms with E-state index in [0.717, 1.165) is 24.3 Å². The maximum Gasteiger partial charge on any atom is 0.410 e. The van der Waals surface area contributed by atoms with E-state index >= 15 is 0 Å². The van der Waals surface area contributed by atoms with Crippen molar-refractivity contribution in [1.82, 2.24) is 40.4 Å². The SMILES string of the molecule is CC(Nc1cc(F)cc(F)c1)c1cc(C(=O)NCCN(C)C(=O)OC(C)(C)C)cc2ncc(N3CCOCC3)nc12.CC(Oc1cc(F)cc(F)c1)c1cc(C(=O)NCCN(C)C(=O)OC(C)(C)C)cc2ncc(N3CCOCC3)nc12. The van der Waals surface area contributed by atoms with E-state index in [1.165, 1.54) is 21.9 Å². The van der Waals surface area contributed by atoms with Gasteiger partial charge < -0.3 is 59.2 Å². The molecule has 2 saturated heterocycles. The van der Waals surface area contributed by atoms with Gasteiger partial charge >= 0.3 is 12.2 Å². The minimum atomic E-state index is -0.768. The Balaban J connectivity index is 0.000000236. The lowest BCUT2D eigenvalue weighted by molar-refractivity contribution is 0.0290. The minimum Gasteiger partial charge on any atom is -0.486 e. The molecule has 4 heterocycles. The van der Waals surface area contributed by atoms with Crippen molar-refractivity contribution in [2.75, 3.05) is 108 Å². The number of benzene rings is 4. The largest absolute Gasteiger partial charge is 0.486 e. The fraction of sp³-hybridized carbons (Fsp3) is 0.448. The summed E-state index contributed by atoms with van der Waals surface area (Å²) in [5.41, 5.74) is 2.78. The number of aromatic nitrogens is 4. The number of carbonyl (C=O) groups excluding carboxylic acids is 4. The Bertz CT molecular complexity index is 2990. The number of hydrogen-bond acceptors (Lipinski definition) is 16. The Kier molecular flexibility index (Phi) is 20.3. The third-order valence-electron chi connectivity index (χ3n) is 12.7. The maximum absolute atomic E-state index is 13.9. The third-order valence-corrected chi connectivity index (χ3v) is 12.7. The number of carbonyl (C=O) groups is 4. The fourth-order valence-electron chi connectivity index (χ4n) is 8.63. The third kappa shape index (κ3) is 17.4. The van der Waals surface area contributed by atoms with Crippen LogP contribution in [0.3, 0.4) is 0 Å². The molecule has 24 heteroatoms. The minimum absolute atomic E-state index is 0.000442. The molecule has 6 aromatic rings. The highest BCUT2D eigenvalue weighted by Gasteiger charge is 2.25. The molecule has 2 aliphatic rings. The van der Waals surface area contributed by atoms with Crippen molar-refractivity contribution in [3.8, 4) is 5.75 Å². The van der Waals surface area contributed by atoms with Gasteiger partial charge in [-0.05, 0) is 91.8 Å². The number of amides is 4. The molecule has 0 aliphatic carbocycles. The lowest BCUT2D eigenvalue weighted by Gasteiger charge is -2.28. The van der Waals surface area contributed by atoms with Gasteiger partial charge in [0.25, 0.3) is 11.8 Å². The topological polar surface area (TPSA) is 215 Å². The first-order valence-electron chi connectivity index (χ1n) is 26.9. The van der Waals surface area contributed by atoms with Gasteiger partial charge in [-0.1, -0.05) is 0 Å². The smallest absolute Gasteiger partial charge is 0.410 e. The molecule has 0 bridgehead atoms. The number of anilines is 3. The van der Waals surface area contributed by atoms with Crippen LogP contribution in [0.15, 0.2) is 73.1 Å². The van der Waals surface area contributed by atoms with Gasteiger partial charge in [0.15, 0.2) is 0 Å². The lowest BCUT2D eigenvalue weighted by Crippen LogP contribution is -2.39. The van der Waals surface area contributed by atoms with Crippen molar-refractivity contribution in [2.45, 2.75) is 78.7 Å². The number of rotatable bonds is 16. The highest BCUT2D eigenvalue weighted by Crippen LogP contribution is 2.32. The predicted octanol–water partition coefficient (Wildman–Crippen LogP) is 9.00. The second-order valence-corrected chi connectivity index (χ2v) is 21.7. The molecule has 2 unspecified atom stereocenters. The second-order valence-electron chi connectivity index (χ2n) is 21.7. The Labute approximate surface area is 473 Å². The molecule has 2 aliphatic heterocycles. The first-order chi connectivity index (χ1) is 38.8. The highest BCUT2D eigenvalue weighted by molar-refractivity contribution is 5.99. The van der Waals surface area contributed by atoms with Crippen LogP contribution in [0.1, 0.15) is 99.4 Å². The van der Waals surface area contributed by atoms with Gasteiger partial charge in [0, 0.05) is 119 Å². The molecule has 4 amide bonds. The van der Waals surface area contributed by atoms with Gasteiger partial charge in [-0.3, -0.25) is 19.6 Å². The summed E-state index contributed by atoms with van der Waals surface area (Å²) in [5, 5.41) is 8.75. The molecule has 82 heavy (non-hydrogen) atoms. The zero-order valence-corrected chi connectivity index (χ0v) is 47.8. The van der Waals surface area contributed by atoms with Gasteiger partial charge in [0.05, 0.1) is 66.9 Å². The molecule has 4 aromatic carbocycles. The van der Waals surface area contributed by atoms with Gasteiger partial charge in [0.2, 0.25) is 0 Å². The summed E-state index contributed by atoms with van der Waals surface area (Å²) in [4.78, 5) is 76.5. The van der Waals surface area contributed by atoms with Crippen LogP contribution in [0.25, 0.3) is 22.1 Å². The van der Waals surface area contributed by atoms with Gasteiger partial charge in [-0.2, -0.15) is 0 Å². The van der Waals surface area contributed by atoms with E-state index in [1.807, 2.05) is 6.92 Å². The number of nitrogens with one attached hydrogen (secondary N) is 3. The summed E-state index contributed by atoms with van der Waals surface area (Å²) >= 11 is 0. The summed E-state index contributed by atoms with van der Waals surface area (Å²) in [5.74, 6) is -2.39. The van der Waals surface area contributed by atoms with Crippen LogP contribution in [0.5, 0.6) is 5.75 Å². The number of halogens is 4. The standard InChI is InChI=1S/C29H36F2N6O4.C29H35F2N5O5/c1-18(34-22-15-20(30)14-21(31)16-22)23-12-19(27(38)32-6-7-36(5)28(39)41-29(2,3)4)13-24-26(23)35-25(17-33-24)37-8-10-40-11-9-37;1-18(40-22-15-20(30)14-21(31)16-22)23-12-19(27(37)32-6-7-35(5)28(38)41-29(2,3)4)13-24-26(23)34-25(17-33-24)36-8-10-39-11-9-36/h12-18,34H,6-11H2,1-5H3,(H,32,38);12-18H,6-11H2,1-5H3,(H,32,37). The van der Waals surface area contributed by atoms with Crippen molar-refractivity contribution >= 4 is 63.4 Å². The lowest BCUT2D eigenvalue weighted by atomic mass is 10.0. The summed E-state index contributed by atoms with van der Waals surface area (Å²) in [7, 11) is 3.18. The van der Waals surface area contributed by atoms with Crippen LogP contribution >= 0.6 is 0 Å². The second kappa shape index (κ2) is 27.1. The van der Waals surface area contributed by atoms with Crippen LogP contribution < -0.4 is 30.5 Å². The zero-order chi connectivity index (χ0) is 59.5. The number of ether oxygens (including phenoxy) is 5. The molecule has 0 spiro atoms. The number of likely N-dealkylation sites (N-methyl/N-ethyl adjacent to an activating group) is 2. The van der Waals surface area contributed by atoms with E-state index in [0.29, 0.717) is 109 Å². The van der Waals surface area contributed by atoms with Crippen LogP contribution in [-0.4, -0.2) is 158 Å². The Morgan fingerprint density at radius 2 is 1.00 bits per heavy atom. The highest BCUT2D eigenvalue weighted by atomic mass is 19.1. The van der Waals surface area contributed by atoms with E-state index in [2.05, 4.69) is 35.7 Å². The number of hydrogen-bond donors (Lipinski definition) is 3. The summed E-state index contributed by atoms with van der Waals surface area (Å²) < 4.78 is 82.8. The molecule has 440 valence electrons. The molecular formula is C58H71F4N11O9. The first-order valence-corrected chi connectivity index (χ1v) is 26.9. The molecule has 20 nitrogen and oxygen atoms in total. The van der Waals surface area contributed by atoms with E-state index in [-0.39, 0.29) is 43.5 Å². The Hall–Kier alpha value is -8.12. The normalized spacial score (nSPS) is 14.5. The van der Waals surface area contributed by atoms with Crippen molar-refractivity contribution < 1.29 is 60.4 Å². The summed E-state index contributed by atoms with van der Waals surface area (Å²) in [6.45, 7) is 20.0. The molecule has 2 atom stereocenters. The van der Waals surface area contributed by atoms with Crippen molar-refractivity contribution in [3.05, 3.63) is 119 Å². The zero-order valence-electron chi connectivity index (χ0n) is 47.8. The van der Waals surface area contributed by atoms with Crippen molar-refractivity contribution in [1.29, 1.82) is 0 Å². The quantitative estimate of drug-likeness (QED) is 0.0771.